The number of hydrogen-bond donors (Lipinski definition) is 0. The summed E-state index contributed by atoms with van der Waals surface area (Å²) >= 11 is -0.543. The molecule has 0 amide bonds. The fraction of sp³-hybridized carbons (Fsp3) is 0.579. The molecule has 1 N–H and O–H groups in total. The van der Waals surface area contributed by atoms with Crippen LogP contribution in [0.3, 0.4) is 0 Å². The van der Waals surface area contributed by atoms with E-state index in [9.17, 15) is 0 Å². The second-order valence-corrected chi connectivity index (χ2v) is 19.9. The van der Waals surface area contributed by atoms with Gasteiger partial charge in [-0.1, -0.05) is 57.5 Å². The summed E-state index contributed by atoms with van der Waals surface area (Å²) in [6.45, 7) is 11.7. The van der Waals surface area contributed by atoms with Gasteiger partial charge in [0.05, 0.1) is 0 Å². The number of allylic oxidation sites excluding steroid dienone is 2. The second kappa shape index (κ2) is 8.91. The van der Waals surface area contributed by atoms with Gasteiger partial charge in [-0.3, -0.25) is 0 Å². The third-order valence-corrected chi connectivity index (χ3v) is 9.68. The first-order valence-electron chi connectivity index (χ1n) is 9.22. The summed E-state index contributed by atoms with van der Waals surface area (Å²) in [5, 5.41) is 3.11. The van der Waals surface area contributed by atoms with Gasteiger partial charge in [0, 0.05) is 11.7 Å². The Kier molecular flexibility index (Phi) is 8.15. The minimum absolute atomic E-state index is 0.543. The Morgan fingerprint density at radius 1 is 1.00 bits per heavy atom. The Bertz CT molecular complexity index is 523. The van der Waals surface area contributed by atoms with Crippen LogP contribution in [0, 0.1) is 0 Å². The van der Waals surface area contributed by atoms with Gasteiger partial charge < -0.3 is 4.34 Å². The Hall–Kier alpha value is 0.000519. The summed E-state index contributed by atoms with van der Waals surface area (Å²) in [5.74, 6) is 0. The zero-order chi connectivity index (χ0) is 17.7. The van der Waals surface area contributed by atoms with Crippen LogP contribution in [0.4, 0.5) is 0 Å². The first kappa shape index (κ1) is 21.0. The monoisotopic (exact) mass is 439 g/mol. The van der Waals surface area contributed by atoms with Crippen LogP contribution in [0.2, 0.25) is 34.0 Å². The molecule has 0 aromatic heterocycles. The molecule has 1 aliphatic heterocycles. The van der Waals surface area contributed by atoms with E-state index in [-0.39, 0.29) is 0 Å². The molecule has 1 radical (unpaired) electrons. The number of hydrogen-bond acceptors (Lipinski definition) is 0. The van der Waals surface area contributed by atoms with E-state index in [0.717, 1.165) is 0 Å². The van der Waals surface area contributed by atoms with Gasteiger partial charge in [-0.15, -0.1) is 18.1 Å². The Morgan fingerprint density at radius 2 is 1.48 bits per heavy atom. The molecular formula is C19H36BOSiSn. The van der Waals surface area contributed by atoms with Gasteiger partial charge in [0.15, 0.2) is 0 Å². The van der Waals surface area contributed by atoms with Gasteiger partial charge in [0.1, 0.15) is 0 Å². The standard InChI is InChI=1S/C16H27BOSi.3CH3.Sn/c1-6-16-14(4)19(5,15-12-10-9-11-13-15)18-17(16,7-2)8-3;;;;/h9-13,18H,6-8H2,1-5H3;3*1H3;. The van der Waals surface area contributed by atoms with Crippen molar-refractivity contribution >= 4 is 39.6 Å². The van der Waals surface area contributed by atoms with Crippen LogP contribution in [0.15, 0.2) is 41.0 Å². The van der Waals surface area contributed by atoms with Crippen molar-refractivity contribution in [3.63, 3.8) is 0 Å². The maximum absolute atomic E-state index is 5.52. The summed E-state index contributed by atoms with van der Waals surface area (Å²) in [6, 6.07) is 11.0. The van der Waals surface area contributed by atoms with Crippen molar-refractivity contribution in [2.75, 3.05) is 0 Å². The summed E-state index contributed by atoms with van der Waals surface area (Å²) in [5.41, 5.74) is 1.68. The van der Waals surface area contributed by atoms with Crippen LogP contribution < -0.4 is 5.19 Å². The van der Waals surface area contributed by atoms with Crippen LogP contribution in [-0.4, -0.2) is 38.8 Å². The zero-order valence-electron chi connectivity index (χ0n) is 16.5. The molecule has 129 valence electrons. The van der Waals surface area contributed by atoms with Gasteiger partial charge in [0.25, 0.3) is 6.35 Å². The fourth-order valence-electron chi connectivity index (χ4n) is 4.05. The van der Waals surface area contributed by atoms with E-state index in [1.165, 1.54) is 24.2 Å². The van der Waals surface area contributed by atoms with Crippen molar-refractivity contribution in [2.45, 2.75) is 68.1 Å². The van der Waals surface area contributed by atoms with E-state index < -0.39 is 34.4 Å². The molecule has 0 bridgehead atoms. The van der Waals surface area contributed by atoms with Gasteiger partial charge in [-0.2, -0.15) is 0 Å². The van der Waals surface area contributed by atoms with Gasteiger partial charge >= 0.3 is 42.9 Å². The summed E-state index contributed by atoms with van der Waals surface area (Å²) in [6.07, 6.45) is 2.96. The van der Waals surface area contributed by atoms with Crippen molar-refractivity contribution < 1.29 is 4.34 Å². The number of benzene rings is 1. The topological polar surface area (TPSA) is 12.8 Å². The average Bonchev–Trinajstić information content (AvgIpc) is 2.77. The summed E-state index contributed by atoms with van der Waals surface area (Å²) < 4.78 is 5.52. The van der Waals surface area contributed by atoms with Gasteiger partial charge in [-0.25, -0.2) is 0 Å². The van der Waals surface area contributed by atoms with Gasteiger partial charge in [-0.05, 0) is 12.1 Å². The van der Waals surface area contributed by atoms with Crippen LogP contribution in [0.5, 0.6) is 0 Å². The third kappa shape index (κ3) is 4.55. The van der Waals surface area contributed by atoms with Crippen LogP contribution in [-0.2, 0) is 0 Å². The molecule has 1 aromatic rings. The quantitative estimate of drug-likeness (QED) is 0.455. The summed E-state index contributed by atoms with van der Waals surface area (Å²) in [7, 11) is -1.79. The van der Waals surface area contributed by atoms with E-state index in [2.05, 4.69) is 79.4 Å². The molecule has 23 heavy (non-hydrogen) atoms. The predicted molar refractivity (Wildman–Crippen MR) is 113 cm³/mol. The molecule has 0 fully saturated rings. The first-order valence-corrected chi connectivity index (χ1v) is 20.2. The molecule has 0 saturated heterocycles. The summed E-state index contributed by atoms with van der Waals surface area (Å²) in [4.78, 5) is 7.09. The van der Waals surface area contributed by atoms with E-state index in [1.54, 1.807) is 10.7 Å². The minimum atomic E-state index is -1.79. The van der Waals surface area contributed by atoms with E-state index in [0.29, 0.717) is 0 Å². The predicted octanol–water partition coefficient (Wildman–Crippen LogP) is 5.17. The Morgan fingerprint density at radius 3 is 1.83 bits per heavy atom. The first-order chi connectivity index (χ1) is 10.8. The molecule has 2 rings (SSSR count). The van der Waals surface area contributed by atoms with Crippen molar-refractivity contribution in [1.82, 2.24) is 0 Å². The SMILES string of the molecule is CCC1=C(C)[Si](C)(c2ccccc2)[OH+][B-]1(CC)CC.[CH3][Sn]([CH3])[CH3]. The molecule has 1 aromatic carbocycles. The van der Waals surface area contributed by atoms with Crippen LogP contribution in [0.25, 0.3) is 0 Å². The molecule has 4 heteroatoms. The van der Waals surface area contributed by atoms with Crippen molar-refractivity contribution in [3.05, 3.63) is 41.0 Å². The molecule has 0 aliphatic carbocycles. The molecule has 1 unspecified atom stereocenters. The Balaban J connectivity index is 0.000000593. The van der Waals surface area contributed by atoms with E-state index in [4.69, 9.17) is 4.34 Å². The van der Waals surface area contributed by atoms with E-state index in [1.807, 2.05) is 0 Å². The fourth-order valence-corrected chi connectivity index (χ4v) is 8.25. The molecule has 1 atom stereocenters. The molecule has 0 spiro atoms. The normalized spacial score (nSPS) is 23.0. The van der Waals surface area contributed by atoms with Crippen LogP contribution in [0.1, 0.15) is 34.1 Å². The molecule has 1 nitrogen and oxygen atoms in total. The van der Waals surface area contributed by atoms with Crippen molar-refractivity contribution in [3.8, 4) is 0 Å². The van der Waals surface area contributed by atoms with Gasteiger partial charge in [0.2, 0.25) is 0 Å². The number of rotatable bonds is 4. The van der Waals surface area contributed by atoms with E-state index >= 15 is 0 Å². The van der Waals surface area contributed by atoms with Crippen LogP contribution >= 0.6 is 0 Å². The molecule has 1 aliphatic rings. The Labute approximate surface area is 152 Å². The molecular weight excluding hydrogens is 402 g/mol. The van der Waals surface area contributed by atoms with Crippen molar-refractivity contribution in [2.24, 2.45) is 0 Å². The maximum atomic E-state index is 5.52. The zero-order valence-corrected chi connectivity index (χ0v) is 20.4. The second-order valence-electron chi connectivity index (χ2n) is 7.58. The molecule has 1 heterocycles. The average molecular weight is 438 g/mol. The third-order valence-electron chi connectivity index (χ3n) is 5.43. The molecule has 0 saturated carbocycles. The van der Waals surface area contributed by atoms with Crippen molar-refractivity contribution in [1.29, 1.82) is 0 Å².